The number of rotatable bonds is 3. The lowest BCUT2D eigenvalue weighted by Crippen LogP contribution is -2.02. The molecule has 192 valence electrons. The van der Waals surface area contributed by atoms with E-state index in [2.05, 4.69) is 124 Å². The Kier molecular flexibility index (Phi) is 4.58. The van der Waals surface area contributed by atoms with Crippen LogP contribution in [0.1, 0.15) is 0 Å². The van der Waals surface area contributed by atoms with Gasteiger partial charge >= 0.3 is 0 Å². The number of pyridine rings is 1. The Morgan fingerprint density at radius 1 is 0.512 bits per heavy atom. The Morgan fingerprint density at radius 3 is 2.15 bits per heavy atom. The Balaban J connectivity index is 1.46. The molecule has 0 radical (unpaired) electrons. The molecule has 0 aliphatic carbocycles. The predicted octanol–water partition coefficient (Wildman–Crippen LogP) is 9.69. The average molecular weight is 526 g/mol. The van der Waals surface area contributed by atoms with Crippen molar-refractivity contribution < 1.29 is 4.42 Å². The Labute approximate surface area is 235 Å². The van der Waals surface area contributed by atoms with Gasteiger partial charge in [-0.1, -0.05) is 78.9 Å². The third-order valence-electron chi connectivity index (χ3n) is 8.18. The first-order valence-electron chi connectivity index (χ1n) is 13.8. The minimum absolute atomic E-state index is 0.886. The summed E-state index contributed by atoms with van der Waals surface area (Å²) in [4.78, 5) is 4.83. The number of benzene rings is 5. The molecular weight excluding hydrogens is 502 g/mol. The van der Waals surface area contributed by atoms with Crippen molar-refractivity contribution in [3.8, 4) is 22.6 Å². The van der Waals surface area contributed by atoms with Crippen molar-refractivity contribution in [2.24, 2.45) is 0 Å². The maximum Gasteiger partial charge on any atom is 0.138 e. The maximum atomic E-state index is 6.30. The van der Waals surface area contributed by atoms with Gasteiger partial charge in [0.25, 0.3) is 0 Å². The second-order valence-corrected chi connectivity index (χ2v) is 10.4. The molecule has 4 heteroatoms. The van der Waals surface area contributed by atoms with Gasteiger partial charge in [0.05, 0.1) is 11.0 Å². The Bertz CT molecular complexity index is 2410. The monoisotopic (exact) mass is 525 g/mol. The number of hydrogen-bond donors (Lipinski definition) is 0. The van der Waals surface area contributed by atoms with Crippen molar-refractivity contribution in [1.82, 2.24) is 14.1 Å². The summed E-state index contributed by atoms with van der Waals surface area (Å²) in [6.45, 7) is 0. The number of fused-ring (bicyclic) bond motifs is 8. The molecule has 5 aromatic carbocycles. The quantitative estimate of drug-likeness (QED) is 0.230. The van der Waals surface area contributed by atoms with Crippen LogP contribution in [-0.2, 0) is 0 Å². The highest BCUT2D eigenvalue weighted by molar-refractivity contribution is 6.26. The summed E-state index contributed by atoms with van der Waals surface area (Å²) in [5.74, 6) is 0.886. The molecule has 0 atom stereocenters. The number of hydrogen-bond acceptors (Lipinski definition) is 2. The van der Waals surface area contributed by atoms with Gasteiger partial charge < -0.3 is 4.42 Å². The van der Waals surface area contributed by atoms with Crippen molar-refractivity contribution in [3.05, 3.63) is 140 Å². The lowest BCUT2D eigenvalue weighted by Gasteiger charge is -2.12. The highest BCUT2D eigenvalue weighted by Gasteiger charge is 2.24. The lowest BCUT2D eigenvalue weighted by atomic mass is 9.98. The smallest absolute Gasteiger partial charge is 0.138 e. The Morgan fingerprint density at radius 2 is 1.27 bits per heavy atom. The van der Waals surface area contributed by atoms with Crippen LogP contribution >= 0.6 is 0 Å². The minimum atomic E-state index is 0.886. The molecule has 0 N–H and O–H groups in total. The van der Waals surface area contributed by atoms with Gasteiger partial charge in [0.1, 0.15) is 22.6 Å². The van der Waals surface area contributed by atoms with Crippen LogP contribution in [0.25, 0.3) is 77.4 Å². The van der Waals surface area contributed by atoms with Gasteiger partial charge in [0.2, 0.25) is 0 Å². The topological polar surface area (TPSA) is 35.9 Å². The largest absolute Gasteiger partial charge is 0.456 e. The molecule has 0 spiro atoms. The molecule has 0 saturated carbocycles. The summed E-state index contributed by atoms with van der Waals surface area (Å²) < 4.78 is 11.0. The fraction of sp³-hybridized carbons (Fsp3) is 0. The summed E-state index contributed by atoms with van der Waals surface area (Å²) in [5, 5.41) is 5.90. The summed E-state index contributed by atoms with van der Waals surface area (Å²) in [6, 6.07) is 46.8. The Hall–Kier alpha value is -5.61. The lowest BCUT2D eigenvalue weighted by molar-refractivity contribution is 0.669. The van der Waals surface area contributed by atoms with Crippen LogP contribution in [-0.4, -0.2) is 14.1 Å². The molecule has 4 nitrogen and oxygen atoms in total. The SMILES string of the molecule is c1ccc(-n2c3ccccc3c3c4c(-c5ccc6c(c5)oc5ccccc56)cccc4n(-c4ccccn4)c32)cc1. The zero-order valence-electron chi connectivity index (χ0n) is 22.0. The van der Waals surface area contributed by atoms with Crippen LogP contribution in [0.2, 0.25) is 0 Å². The number of para-hydroxylation sites is 3. The van der Waals surface area contributed by atoms with Crippen molar-refractivity contribution in [1.29, 1.82) is 0 Å². The molecule has 0 unspecified atom stereocenters. The first-order valence-corrected chi connectivity index (χ1v) is 13.8. The van der Waals surface area contributed by atoms with E-state index in [1.54, 1.807) is 0 Å². The van der Waals surface area contributed by atoms with E-state index >= 15 is 0 Å². The molecule has 9 aromatic rings. The van der Waals surface area contributed by atoms with Gasteiger partial charge in [-0.2, -0.15) is 0 Å². The molecule has 9 rings (SSSR count). The number of aromatic nitrogens is 3. The van der Waals surface area contributed by atoms with Crippen molar-refractivity contribution in [3.63, 3.8) is 0 Å². The fourth-order valence-electron chi connectivity index (χ4n) is 6.48. The van der Waals surface area contributed by atoms with Crippen LogP contribution in [0, 0.1) is 0 Å². The van der Waals surface area contributed by atoms with Crippen LogP contribution < -0.4 is 0 Å². The van der Waals surface area contributed by atoms with Gasteiger partial charge in [-0.25, -0.2) is 4.98 Å². The predicted molar refractivity (Wildman–Crippen MR) is 168 cm³/mol. The van der Waals surface area contributed by atoms with Gasteiger partial charge in [0.15, 0.2) is 0 Å². The second kappa shape index (κ2) is 8.44. The van der Waals surface area contributed by atoms with Gasteiger partial charge in [-0.05, 0) is 65.7 Å². The van der Waals surface area contributed by atoms with Crippen molar-refractivity contribution >= 4 is 54.8 Å². The summed E-state index contributed by atoms with van der Waals surface area (Å²) in [7, 11) is 0. The highest BCUT2D eigenvalue weighted by Crippen LogP contribution is 2.44. The fourth-order valence-corrected chi connectivity index (χ4v) is 6.48. The normalized spacial score (nSPS) is 11.9. The summed E-state index contributed by atoms with van der Waals surface area (Å²) in [6.07, 6.45) is 1.86. The minimum Gasteiger partial charge on any atom is -0.456 e. The van der Waals surface area contributed by atoms with E-state index in [1.165, 1.54) is 21.7 Å². The van der Waals surface area contributed by atoms with E-state index in [0.29, 0.717) is 0 Å². The molecule has 0 fully saturated rings. The van der Waals surface area contributed by atoms with E-state index < -0.39 is 0 Å². The van der Waals surface area contributed by atoms with E-state index in [0.717, 1.165) is 55.7 Å². The van der Waals surface area contributed by atoms with Crippen LogP contribution in [0.5, 0.6) is 0 Å². The first kappa shape index (κ1) is 22.2. The van der Waals surface area contributed by atoms with Gasteiger partial charge in [-0.15, -0.1) is 0 Å². The van der Waals surface area contributed by atoms with Crippen LogP contribution in [0.15, 0.2) is 144 Å². The summed E-state index contributed by atoms with van der Waals surface area (Å²) >= 11 is 0. The third-order valence-corrected chi connectivity index (χ3v) is 8.18. The van der Waals surface area contributed by atoms with Gasteiger partial charge in [-0.3, -0.25) is 9.13 Å². The van der Waals surface area contributed by atoms with E-state index in [1.807, 2.05) is 24.4 Å². The highest BCUT2D eigenvalue weighted by atomic mass is 16.3. The summed E-state index contributed by atoms with van der Waals surface area (Å²) in [5.41, 5.74) is 8.59. The van der Waals surface area contributed by atoms with Gasteiger partial charge in [0, 0.05) is 38.8 Å². The first-order chi connectivity index (χ1) is 20.4. The third kappa shape index (κ3) is 3.13. The molecule has 0 aliphatic rings. The number of furan rings is 1. The average Bonchev–Trinajstić information content (AvgIpc) is 3.68. The second-order valence-electron chi connectivity index (χ2n) is 10.4. The maximum absolute atomic E-state index is 6.30. The van der Waals surface area contributed by atoms with Crippen molar-refractivity contribution in [2.45, 2.75) is 0 Å². The molecule has 41 heavy (non-hydrogen) atoms. The van der Waals surface area contributed by atoms with E-state index in [9.17, 15) is 0 Å². The standard InChI is InChI=1S/C37H23N3O/c1-2-11-25(12-3-1)39-30-16-6-4-14-29(30)36-35-26(15-10-17-31(35)40(37(36)39)34-19-8-9-22-38-34)24-20-21-28-27-13-5-7-18-32(27)41-33(28)23-24/h1-23H. The molecule has 4 heterocycles. The van der Waals surface area contributed by atoms with E-state index in [-0.39, 0.29) is 0 Å². The zero-order valence-corrected chi connectivity index (χ0v) is 22.0. The number of nitrogens with zero attached hydrogens (tertiary/aromatic N) is 3. The van der Waals surface area contributed by atoms with E-state index in [4.69, 9.17) is 9.40 Å². The molecular formula is C37H23N3O. The molecule has 0 aliphatic heterocycles. The molecule has 0 bridgehead atoms. The van der Waals surface area contributed by atoms with Crippen LogP contribution in [0.4, 0.5) is 0 Å². The molecule has 0 saturated heterocycles. The molecule has 4 aromatic heterocycles. The van der Waals surface area contributed by atoms with Crippen LogP contribution in [0.3, 0.4) is 0 Å². The zero-order chi connectivity index (χ0) is 26.9. The molecule has 0 amide bonds. The van der Waals surface area contributed by atoms with Crippen molar-refractivity contribution in [2.75, 3.05) is 0 Å².